The second-order valence-corrected chi connectivity index (χ2v) is 4.65. The predicted octanol–water partition coefficient (Wildman–Crippen LogP) is 1.38. The number of methoxy groups -OCH3 is 1. The number of nitrogens with zero attached hydrogens (tertiary/aromatic N) is 2. The molecule has 98 valence electrons. The molecular formula is C13H20N4O. The van der Waals surface area contributed by atoms with Gasteiger partial charge in [-0.3, -0.25) is 10.3 Å². The zero-order valence-electron chi connectivity index (χ0n) is 10.7. The summed E-state index contributed by atoms with van der Waals surface area (Å²) in [4.78, 5) is 6.57. The Bertz CT molecular complexity index is 417. The van der Waals surface area contributed by atoms with E-state index in [2.05, 4.69) is 9.88 Å². The highest BCUT2D eigenvalue weighted by Crippen LogP contribution is 2.29. The Kier molecular flexibility index (Phi) is 4.15. The summed E-state index contributed by atoms with van der Waals surface area (Å²) < 4.78 is 5.27. The molecule has 0 atom stereocenters. The molecule has 0 unspecified atom stereocenters. The van der Waals surface area contributed by atoms with Crippen LogP contribution >= 0.6 is 0 Å². The van der Waals surface area contributed by atoms with Gasteiger partial charge in [0.2, 0.25) is 5.88 Å². The number of amidine groups is 1. The molecule has 0 amide bonds. The van der Waals surface area contributed by atoms with E-state index in [1.165, 1.54) is 12.8 Å². The van der Waals surface area contributed by atoms with Crippen molar-refractivity contribution in [1.29, 1.82) is 5.41 Å². The van der Waals surface area contributed by atoms with Gasteiger partial charge in [-0.1, -0.05) is 6.07 Å². The Morgan fingerprint density at radius 1 is 1.61 bits per heavy atom. The molecule has 5 nitrogen and oxygen atoms in total. The molecule has 1 aromatic heterocycles. The van der Waals surface area contributed by atoms with Gasteiger partial charge in [0.15, 0.2) is 0 Å². The lowest BCUT2D eigenvalue weighted by Crippen LogP contribution is -2.29. The van der Waals surface area contributed by atoms with Crippen LogP contribution in [0.25, 0.3) is 0 Å². The smallest absolute Gasteiger partial charge is 0.217 e. The van der Waals surface area contributed by atoms with Gasteiger partial charge in [-0.05, 0) is 18.9 Å². The van der Waals surface area contributed by atoms with Gasteiger partial charge >= 0.3 is 0 Å². The van der Waals surface area contributed by atoms with E-state index < -0.39 is 0 Å². The summed E-state index contributed by atoms with van der Waals surface area (Å²) in [6.07, 6.45) is 4.83. The normalized spacial score (nSPS) is 14.8. The largest absolute Gasteiger partial charge is 0.481 e. The molecular weight excluding hydrogens is 228 g/mol. The number of nitrogens with two attached hydrogens (primary N) is 1. The number of rotatable bonds is 7. The Morgan fingerprint density at radius 2 is 2.39 bits per heavy atom. The molecule has 1 heterocycles. The molecule has 0 spiro atoms. The minimum Gasteiger partial charge on any atom is -0.481 e. The summed E-state index contributed by atoms with van der Waals surface area (Å²) in [5.74, 6) is 0.935. The first kappa shape index (κ1) is 12.8. The van der Waals surface area contributed by atoms with Crippen LogP contribution in [-0.2, 0) is 6.54 Å². The number of hydrogen-bond acceptors (Lipinski definition) is 4. The summed E-state index contributed by atoms with van der Waals surface area (Å²) in [6.45, 7) is 1.65. The summed E-state index contributed by atoms with van der Waals surface area (Å²) in [5.41, 5.74) is 6.52. The fourth-order valence-electron chi connectivity index (χ4n) is 2.04. The average Bonchev–Trinajstić information content (AvgIpc) is 3.19. The Morgan fingerprint density at radius 3 is 3.00 bits per heavy atom. The molecule has 1 saturated carbocycles. The third-order valence-electron chi connectivity index (χ3n) is 3.15. The zero-order valence-corrected chi connectivity index (χ0v) is 10.7. The molecule has 18 heavy (non-hydrogen) atoms. The number of pyridine rings is 1. The van der Waals surface area contributed by atoms with E-state index in [4.69, 9.17) is 15.9 Å². The molecule has 0 aliphatic heterocycles. The third kappa shape index (κ3) is 3.43. The predicted molar refractivity (Wildman–Crippen MR) is 70.8 cm³/mol. The van der Waals surface area contributed by atoms with Crippen molar-refractivity contribution in [1.82, 2.24) is 9.88 Å². The minimum absolute atomic E-state index is 0.249. The molecule has 3 N–H and O–H groups in total. The fourth-order valence-corrected chi connectivity index (χ4v) is 2.04. The van der Waals surface area contributed by atoms with Crippen molar-refractivity contribution >= 4 is 5.84 Å². The molecule has 1 aromatic rings. The maximum atomic E-state index is 7.32. The summed E-state index contributed by atoms with van der Waals surface area (Å²) in [5, 5.41) is 7.32. The van der Waals surface area contributed by atoms with Crippen molar-refractivity contribution in [2.24, 2.45) is 5.73 Å². The number of hydrogen-bond donors (Lipinski definition) is 2. The Labute approximate surface area is 107 Å². The zero-order chi connectivity index (χ0) is 13.0. The van der Waals surface area contributed by atoms with E-state index >= 15 is 0 Å². The first-order valence-electron chi connectivity index (χ1n) is 6.25. The van der Waals surface area contributed by atoms with Crippen molar-refractivity contribution in [2.75, 3.05) is 13.7 Å². The maximum Gasteiger partial charge on any atom is 0.217 e. The lowest BCUT2D eigenvalue weighted by Gasteiger charge is -2.22. The van der Waals surface area contributed by atoms with Crippen LogP contribution in [0.2, 0.25) is 0 Å². The SMILES string of the molecule is COc1ncccc1CN(CCC(=N)N)C1CC1. The summed E-state index contributed by atoms with van der Waals surface area (Å²) >= 11 is 0. The number of ether oxygens (including phenoxy) is 1. The molecule has 5 heteroatoms. The lowest BCUT2D eigenvalue weighted by atomic mass is 10.2. The van der Waals surface area contributed by atoms with Gasteiger partial charge in [-0.25, -0.2) is 4.98 Å². The van der Waals surface area contributed by atoms with Crippen LogP contribution in [0.15, 0.2) is 18.3 Å². The minimum atomic E-state index is 0.249. The second-order valence-electron chi connectivity index (χ2n) is 4.65. The molecule has 1 aliphatic rings. The molecule has 2 rings (SSSR count). The van der Waals surface area contributed by atoms with Crippen LogP contribution in [0.5, 0.6) is 5.88 Å². The van der Waals surface area contributed by atoms with Gasteiger partial charge < -0.3 is 10.5 Å². The van der Waals surface area contributed by atoms with E-state index in [-0.39, 0.29) is 5.84 Å². The average molecular weight is 248 g/mol. The molecule has 0 radical (unpaired) electrons. The van der Waals surface area contributed by atoms with E-state index in [0.717, 1.165) is 18.7 Å². The van der Waals surface area contributed by atoms with E-state index in [1.54, 1.807) is 13.3 Å². The van der Waals surface area contributed by atoms with Crippen LogP contribution in [0.1, 0.15) is 24.8 Å². The van der Waals surface area contributed by atoms with Gasteiger partial charge in [0.1, 0.15) is 0 Å². The van der Waals surface area contributed by atoms with Crippen LogP contribution < -0.4 is 10.5 Å². The van der Waals surface area contributed by atoms with Crippen LogP contribution in [0.4, 0.5) is 0 Å². The first-order chi connectivity index (χ1) is 8.70. The Balaban J connectivity index is 2.01. The maximum absolute atomic E-state index is 7.32. The summed E-state index contributed by atoms with van der Waals surface area (Å²) in [7, 11) is 1.64. The van der Waals surface area contributed by atoms with Gasteiger partial charge in [0, 0.05) is 37.3 Å². The van der Waals surface area contributed by atoms with Crippen molar-refractivity contribution < 1.29 is 4.74 Å². The quantitative estimate of drug-likeness (QED) is 0.564. The van der Waals surface area contributed by atoms with E-state index in [0.29, 0.717) is 18.3 Å². The highest BCUT2D eigenvalue weighted by molar-refractivity contribution is 5.76. The third-order valence-corrected chi connectivity index (χ3v) is 3.15. The van der Waals surface area contributed by atoms with Gasteiger partial charge in [0.05, 0.1) is 12.9 Å². The van der Waals surface area contributed by atoms with Crippen LogP contribution in [-0.4, -0.2) is 35.4 Å². The molecule has 1 fully saturated rings. The molecule has 1 aliphatic carbocycles. The number of aromatic nitrogens is 1. The molecule has 0 bridgehead atoms. The fraction of sp³-hybridized carbons (Fsp3) is 0.538. The van der Waals surface area contributed by atoms with E-state index in [1.807, 2.05) is 12.1 Å². The van der Waals surface area contributed by atoms with Gasteiger partial charge in [-0.15, -0.1) is 0 Å². The van der Waals surface area contributed by atoms with Gasteiger partial charge in [-0.2, -0.15) is 0 Å². The molecule has 0 saturated heterocycles. The second kappa shape index (κ2) is 5.82. The standard InChI is InChI=1S/C13H20N4O/c1-18-13-10(3-2-7-16-13)9-17(11-4-5-11)8-6-12(14)15/h2-3,7,11H,4-6,8-9H2,1H3,(H3,14,15). The lowest BCUT2D eigenvalue weighted by molar-refractivity contribution is 0.256. The van der Waals surface area contributed by atoms with Crippen molar-refractivity contribution in [3.63, 3.8) is 0 Å². The van der Waals surface area contributed by atoms with Crippen LogP contribution in [0, 0.1) is 5.41 Å². The summed E-state index contributed by atoms with van der Waals surface area (Å²) in [6, 6.07) is 4.59. The van der Waals surface area contributed by atoms with Crippen LogP contribution in [0.3, 0.4) is 0 Å². The monoisotopic (exact) mass is 248 g/mol. The van der Waals surface area contributed by atoms with Crippen molar-refractivity contribution in [2.45, 2.75) is 31.8 Å². The van der Waals surface area contributed by atoms with Crippen molar-refractivity contribution in [3.05, 3.63) is 23.9 Å². The highest BCUT2D eigenvalue weighted by atomic mass is 16.5. The van der Waals surface area contributed by atoms with E-state index in [9.17, 15) is 0 Å². The van der Waals surface area contributed by atoms with Crippen molar-refractivity contribution in [3.8, 4) is 5.88 Å². The topological polar surface area (TPSA) is 75.2 Å². The highest BCUT2D eigenvalue weighted by Gasteiger charge is 2.29. The number of nitrogens with one attached hydrogen (secondary N) is 1. The van der Waals surface area contributed by atoms with Gasteiger partial charge in [0.25, 0.3) is 0 Å². The molecule has 0 aromatic carbocycles. The first-order valence-corrected chi connectivity index (χ1v) is 6.25. The Hall–Kier alpha value is -1.62.